The summed E-state index contributed by atoms with van der Waals surface area (Å²) in [7, 11) is 0. The van der Waals surface area contributed by atoms with Crippen LogP contribution in [0.2, 0.25) is 0 Å². The topological polar surface area (TPSA) is 32.3 Å². The van der Waals surface area contributed by atoms with Crippen LogP contribution in [0, 0.1) is 5.92 Å². The molecule has 0 aliphatic heterocycles. The Labute approximate surface area is 114 Å². The van der Waals surface area contributed by atoms with E-state index in [2.05, 4.69) is 18.3 Å². The van der Waals surface area contributed by atoms with E-state index in [1.54, 1.807) is 0 Å². The number of fused-ring (bicyclic) bond motifs is 1. The summed E-state index contributed by atoms with van der Waals surface area (Å²) in [5.74, 6) is 1.26. The van der Waals surface area contributed by atoms with Crippen LogP contribution in [0.4, 0.5) is 0 Å². The second-order valence-electron chi connectivity index (χ2n) is 5.65. The molecule has 3 rings (SSSR count). The Hall–Kier alpha value is -1.54. The number of hydrogen-bond acceptors (Lipinski definition) is 2. The monoisotopic (exact) mass is 255 g/mol. The molecule has 1 fully saturated rings. The van der Waals surface area contributed by atoms with Gasteiger partial charge in [-0.05, 0) is 37.6 Å². The SMILES string of the molecule is CC(NCC1CCC1)c1ccc2ccccc2c1O. The molecular weight excluding hydrogens is 234 g/mol. The van der Waals surface area contributed by atoms with Crippen LogP contribution in [0.5, 0.6) is 5.75 Å². The van der Waals surface area contributed by atoms with Crippen molar-refractivity contribution in [1.29, 1.82) is 0 Å². The smallest absolute Gasteiger partial charge is 0.128 e. The molecule has 0 amide bonds. The average molecular weight is 255 g/mol. The molecule has 1 unspecified atom stereocenters. The molecule has 2 aromatic rings. The number of phenols is 1. The van der Waals surface area contributed by atoms with Crippen LogP contribution in [0.15, 0.2) is 36.4 Å². The van der Waals surface area contributed by atoms with Crippen LogP contribution in [-0.2, 0) is 0 Å². The van der Waals surface area contributed by atoms with E-state index in [-0.39, 0.29) is 6.04 Å². The molecule has 0 saturated heterocycles. The lowest BCUT2D eigenvalue weighted by Gasteiger charge is -2.27. The Morgan fingerprint density at radius 1 is 1.21 bits per heavy atom. The van der Waals surface area contributed by atoms with Gasteiger partial charge in [0, 0.05) is 17.0 Å². The third-order valence-electron chi connectivity index (χ3n) is 4.34. The van der Waals surface area contributed by atoms with Crippen molar-refractivity contribution in [2.45, 2.75) is 32.2 Å². The van der Waals surface area contributed by atoms with E-state index in [0.29, 0.717) is 5.75 Å². The Bertz CT molecular complexity index is 574. The van der Waals surface area contributed by atoms with Crippen molar-refractivity contribution in [3.05, 3.63) is 42.0 Å². The van der Waals surface area contributed by atoms with Gasteiger partial charge in [0.1, 0.15) is 5.75 Å². The molecule has 0 bridgehead atoms. The van der Waals surface area contributed by atoms with Crippen LogP contribution in [0.1, 0.15) is 37.8 Å². The van der Waals surface area contributed by atoms with Gasteiger partial charge in [-0.2, -0.15) is 0 Å². The van der Waals surface area contributed by atoms with E-state index in [4.69, 9.17) is 0 Å². The van der Waals surface area contributed by atoms with Gasteiger partial charge < -0.3 is 10.4 Å². The largest absolute Gasteiger partial charge is 0.507 e. The zero-order chi connectivity index (χ0) is 13.2. The van der Waals surface area contributed by atoms with Gasteiger partial charge in [-0.1, -0.05) is 42.8 Å². The number of phenolic OH excluding ortho intramolecular Hbond substituents is 1. The average Bonchev–Trinajstić information content (AvgIpc) is 2.37. The molecule has 0 radical (unpaired) electrons. The molecule has 0 aromatic heterocycles. The van der Waals surface area contributed by atoms with Crippen LogP contribution < -0.4 is 5.32 Å². The Morgan fingerprint density at radius 2 is 2.00 bits per heavy atom. The maximum Gasteiger partial charge on any atom is 0.128 e. The van der Waals surface area contributed by atoms with E-state index >= 15 is 0 Å². The molecule has 1 aliphatic rings. The number of hydrogen-bond donors (Lipinski definition) is 2. The Balaban J connectivity index is 1.80. The van der Waals surface area contributed by atoms with Gasteiger partial charge in [0.25, 0.3) is 0 Å². The van der Waals surface area contributed by atoms with E-state index < -0.39 is 0 Å². The van der Waals surface area contributed by atoms with Gasteiger partial charge >= 0.3 is 0 Å². The molecule has 100 valence electrons. The van der Waals surface area contributed by atoms with E-state index in [9.17, 15) is 5.11 Å². The summed E-state index contributed by atoms with van der Waals surface area (Å²) in [6.45, 7) is 3.19. The lowest BCUT2D eigenvalue weighted by atomic mass is 9.85. The summed E-state index contributed by atoms with van der Waals surface area (Å²) in [5.41, 5.74) is 0.998. The highest BCUT2D eigenvalue weighted by Crippen LogP contribution is 2.33. The molecule has 2 nitrogen and oxygen atoms in total. The normalized spacial score (nSPS) is 17.3. The lowest BCUT2D eigenvalue weighted by molar-refractivity contribution is 0.291. The summed E-state index contributed by atoms with van der Waals surface area (Å²) in [5, 5.41) is 16.0. The predicted molar refractivity (Wildman–Crippen MR) is 79.4 cm³/mol. The molecule has 19 heavy (non-hydrogen) atoms. The molecule has 0 heterocycles. The first kappa shape index (κ1) is 12.5. The fourth-order valence-corrected chi connectivity index (χ4v) is 2.77. The van der Waals surface area contributed by atoms with Crippen molar-refractivity contribution < 1.29 is 5.11 Å². The summed E-state index contributed by atoms with van der Waals surface area (Å²) in [4.78, 5) is 0. The minimum absolute atomic E-state index is 0.199. The maximum atomic E-state index is 10.4. The fourth-order valence-electron chi connectivity index (χ4n) is 2.77. The van der Waals surface area contributed by atoms with Crippen molar-refractivity contribution in [3.8, 4) is 5.75 Å². The van der Waals surface area contributed by atoms with Gasteiger partial charge in [-0.3, -0.25) is 0 Å². The first-order valence-corrected chi connectivity index (χ1v) is 7.19. The number of benzene rings is 2. The van der Waals surface area contributed by atoms with E-state index in [0.717, 1.165) is 28.8 Å². The summed E-state index contributed by atoms with van der Waals surface area (Å²) in [6, 6.07) is 12.3. The predicted octanol–water partition coefficient (Wildman–Crippen LogP) is 4.00. The van der Waals surface area contributed by atoms with Gasteiger partial charge in [0.2, 0.25) is 0 Å². The highest BCUT2D eigenvalue weighted by atomic mass is 16.3. The van der Waals surface area contributed by atoms with Crippen molar-refractivity contribution in [2.75, 3.05) is 6.54 Å². The van der Waals surface area contributed by atoms with Gasteiger partial charge in [0.15, 0.2) is 0 Å². The molecular formula is C17H21NO. The summed E-state index contributed by atoms with van der Waals surface area (Å²) in [6.07, 6.45) is 4.08. The van der Waals surface area contributed by atoms with E-state index in [1.165, 1.54) is 19.3 Å². The zero-order valence-corrected chi connectivity index (χ0v) is 11.4. The van der Waals surface area contributed by atoms with Crippen molar-refractivity contribution >= 4 is 10.8 Å². The van der Waals surface area contributed by atoms with Crippen LogP contribution in [0.25, 0.3) is 10.8 Å². The minimum atomic E-state index is 0.199. The van der Waals surface area contributed by atoms with Crippen molar-refractivity contribution in [3.63, 3.8) is 0 Å². The first-order chi connectivity index (χ1) is 9.25. The highest BCUT2D eigenvalue weighted by Gasteiger charge is 2.19. The Morgan fingerprint density at radius 3 is 2.74 bits per heavy atom. The second-order valence-corrected chi connectivity index (χ2v) is 5.65. The molecule has 2 N–H and O–H groups in total. The zero-order valence-electron chi connectivity index (χ0n) is 11.4. The quantitative estimate of drug-likeness (QED) is 0.865. The maximum absolute atomic E-state index is 10.4. The fraction of sp³-hybridized carbons (Fsp3) is 0.412. The molecule has 1 atom stereocenters. The van der Waals surface area contributed by atoms with E-state index in [1.807, 2.05) is 30.3 Å². The van der Waals surface area contributed by atoms with Gasteiger partial charge in [-0.15, -0.1) is 0 Å². The van der Waals surface area contributed by atoms with Crippen molar-refractivity contribution in [2.24, 2.45) is 5.92 Å². The third kappa shape index (κ3) is 2.45. The molecule has 0 spiro atoms. The molecule has 1 aliphatic carbocycles. The van der Waals surface area contributed by atoms with Crippen molar-refractivity contribution in [1.82, 2.24) is 5.32 Å². The van der Waals surface area contributed by atoms with Crippen LogP contribution in [0.3, 0.4) is 0 Å². The van der Waals surface area contributed by atoms with Crippen LogP contribution >= 0.6 is 0 Å². The summed E-state index contributed by atoms with van der Waals surface area (Å²) < 4.78 is 0. The molecule has 2 heteroatoms. The number of nitrogens with one attached hydrogen (secondary N) is 1. The first-order valence-electron chi connectivity index (χ1n) is 7.19. The number of aromatic hydroxyl groups is 1. The van der Waals surface area contributed by atoms with Gasteiger partial charge in [0.05, 0.1) is 0 Å². The lowest BCUT2D eigenvalue weighted by Crippen LogP contribution is -2.29. The van der Waals surface area contributed by atoms with Gasteiger partial charge in [-0.25, -0.2) is 0 Å². The Kier molecular flexibility index (Phi) is 3.43. The standard InChI is InChI=1S/C17H21NO/c1-12(18-11-13-5-4-6-13)15-10-9-14-7-2-3-8-16(14)17(15)19/h2-3,7-10,12-13,18-19H,4-6,11H2,1H3. The highest BCUT2D eigenvalue weighted by molar-refractivity contribution is 5.89. The summed E-state index contributed by atoms with van der Waals surface area (Å²) >= 11 is 0. The van der Waals surface area contributed by atoms with Crippen LogP contribution in [-0.4, -0.2) is 11.7 Å². The second kappa shape index (κ2) is 5.22. The molecule has 1 saturated carbocycles. The molecule has 2 aromatic carbocycles. The number of rotatable bonds is 4. The minimum Gasteiger partial charge on any atom is -0.507 e. The third-order valence-corrected chi connectivity index (χ3v) is 4.34.